The van der Waals surface area contributed by atoms with E-state index in [1.54, 1.807) is 17.1 Å². The number of hydroxylamine groups is 1. The second-order valence-electron chi connectivity index (χ2n) is 8.02. The van der Waals surface area contributed by atoms with Crippen LogP contribution in [0.5, 0.6) is 11.5 Å². The molecule has 0 bridgehead atoms. The van der Waals surface area contributed by atoms with Gasteiger partial charge in [-0.3, -0.25) is 15.1 Å². The average Bonchev–Trinajstić information content (AvgIpc) is 2.82. The van der Waals surface area contributed by atoms with Gasteiger partial charge in [0.2, 0.25) is 0 Å². The summed E-state index contributed by atoms with van der Waals surface area (Å²) in [5.41, 5.74) is 2.73. The zero-order valence-electron chi connectivity index (χ0n) is 18.7. The number of hydrogen-bond donors (Lipinski definition) is 4. The Labute approximate surface area is 202 Å². The molecule has 0 saturated carbocycles. The second kappa shape index (κ2) is 12.5. The summed E-state index contributed by atoms with van der Waals surface area (Å²) in [6.07, 6.45) is 11.5. The average molecular weight is 493 g/mol. The molecule has 0 radical (unpaired) electrons. The number of piperidine rings is 1. The molecule has 1 unspecified atom stereocenters. The van der Waals surface area contributed by atoms with Crippen LogP contribution in [0.1, 0.15) is 48.0 Å². The maximum absolute atomic E-state index is 12.7. The number of ether oxygens (including phenoxy) is 1. The number of amides is 1. The number of halogens is 1. The van der Waals surface area contributed by atoms with Crippen molar-refractivity contribution in [1.29, 1.82) is 0 Å². The number of aliphatic hydroxyl groups is 1. The van der Waals surface area contributed by atoms with Crippen molar-refractivity contribution in [2.45, 2.75) is 38.2 Å². The summed E-state index contributed by atoms with van der Waals surface area (Å²) in [5.74, 6) is -2.05. The molecule has 2 aliphatic heterocycles. The normalized spacial score (nSPS) is 22.1. The van der Waals surface area contributed by atoms with Crippen LogP contribution < -0.4 is 5.48 Å². The van der Waals surface area contributed by atoms with E-state index < -0.39 is 23.6 Å². The number of phenols is 2. The van der Waals surface area contributed by atoms with Crippen molar-refractivity contribution in [2.75, 3.05) is 26.3 Å². The molecule has 10 heteroatoms. The Morgan fingerprint density at radius 1 is 1.18 bits per heavy atom. The van der Waals surface area contributed by atoms with E-state index in [-0.39, 0.29) is 35.3 Å². The fraction of sp³-hybridized carbons (Fsp3) is 0.417. The summed E-state index contributed by atoms with van der Waals surface area (Å²) < 4.78 is 5.13. The van der Waals surface area contributed by atoms with Gasteiger partial charge in [-0.25, -0.2) is 4.79 Å². The molecule has 1 amide bonds. The zero-order valence-corrected chi connectivity index (χ0v) is 19.5. The van der Waals surface area contributed by atoms with Gasteiger partial charge in [0, 0.05) is 24.7 Å². The highest BCUT2D eigenvalue weighted by Gasteiger charge is 2.23. The maximum atomic E-state index is 12.7. The highest BCUT2D eigenvalue weighted by molar-refractivity contribution is 6.34. The van der Waals surface area contributed by atoms with E-state index in [2.05, 4.69) is 5.48 Å². The molecule has 1 fully saturated rings. The number of allylic oxidation sites excluding steroid dienone is 3. The molecule has 34 heavy (non-hydrogen) atoms. The summed E-state index contributed by atoms with van der Waals surface area (Å²) in [7, 11) is 0. The first-order chi connectivity index (χ1) is 16.4. The van der Waals surface area contributed by atoms with E-state index in [9.17, 15) is 24.9 Å². The first-order valence-corrected chi connectivity index (χ1v) is 11.5. The van der Waals surface area contributed by atoms with Crippen molar-refractivity contribution in [3.8, 4) is 11.5 Å². The fourth-order valence-corrected chi connectivity index (χ4v) is 3.83. The molecule has 1 aromatic carbocycles. The minimum Gasteiger partial charge on any atom is -0.507 e. The highest BCUT2D eigenvalue weighted by Crippen LogP contribution is 2.38. The number of fused-ring (bicyclic) bond motifs is 1. The number of phenolic OH excluding ortho intramolecular Hbond substituents is 2. The second-order valence-corrected chi connectivity index (χ2v) is 8.40. The van der Waals surface area contributed by atoms with Crippen LogP contribution in [-0.2, 0) is 14.4 Å². The Morgan fingerprint density at radius 2 is 1.91 bits per heavy atom. The monoisotopic (exact) mass is 492 g/mol. The van der Waals surface area contributed by atoms with Gasteiger partial charge < -0.3 is 25.0 Å². The third-order valence-electron chi connectivity index (χ3n) is 5.40. The van der Waals surface area contributed by atoms with Crippen LogP contribution in [0.25, 0.3) is 6.08 Å². The van der Waals surface area contributed by atoms with E-state index in [0.29, 0.717) is 31.6 Å². The van der Waals surface area contributed by atoms with Gasteiger partial charge in [-0.15, -0.1) is 0 Å². The summed E-state index contributed by atoms with van der Waals surface area (Å²) in [5, 5.41) is 30.2. The first kappa shape index (κ1) is 25.6. The number of nitrogens with zero attached hydrogens (tertiary/aromatic N) is 1. The molecule has 184 valence electrons. The summed E-state index contributed by atoms with van der Waals surface area (Å²) in [6.45, 7) is 0.895. The van der Waals surface area contributed by atoms with Crippen molar-refractivity contribution in [2.24, 2.45) is 0 Å². The smallest absolute Gasteiger partial charge is 0.342 e. The minimum atomic E-state index is -1.01. The lowest BCUT2D eigenvalue weighted by molar-refractivity contribution is -0.139. The van der Waals surface area contributed by atoms with Crippen molar-refractivity contribution in [1.82, 2.24) is 10.4 Å². The molecule has 0 aliphatic carbocycles. The number of carbonyl (C=O) groups excluding carboxylic acids is 2. The minimum absolute atomic E-state index is 0.00985. The predicted octanol–water partition coefficient (Wildman–Crippen LogP) is 3.05. The van der Waals surface area contributed by atoms with Gasteiger partial charge in [0.1, 0.15) is 29.8 Å². The molecule has 2 heterocycles. The zero-order chi connectivity index (χ0) is 24.5. The van der Waals surface area contributed by atoms with Crippen molar-refractivity contribution in [3.05, 3.63) is 52.2 Å². The molecular formula is C24H29ClN2O7. The summed E-state index contributed by atoms with van der Waals surface area (Å²) in [6, 6.07) is 0.937. The maximum Gasteiger partial charge on any atom is 0.342 e. The van der Waals surface area contributed by atoms with Crippen molar-refractivity contribution in [3.63, 3.8) is 0 Å². The number of cyclic esters (lactones) is 1. The van der Waals surface area contributed by atoms with Gasteiger partial charge in [0.05, 0.1) is 10.7 Å². The van der Waals surface area contributed by atoms with Gasteiger partial charge in [0.15, 0.2) is 6.61 Å². The number of rotatable bonds is 4. The van der Waals surface area contributed by atoms with Crippen LogP contribution in [0.2, 0.25) is 5.02 Å². The quantitative estimate of drug-likeness (QED) is 0.287. The number of benzene rings is 1. The lowest BCUT2D eigenvalue weighted by atomic mass is 10.0. The molecule has 4 N–H and O–H groups in total. The number of likely N-dealkylation sites (tertiary alicyclic amines) is 1. The molecule has 9 nitrogen and oxygen atoms in total. The van der Waals surface area contributed by atoms with Crippen LogP contribution in [0.15, 0.2) is 36.1 Å². The predicted molar refractivity (Wildman–Crippen MR) is 126 cm³/mol. The van der Waals surface area contributed by atoms with Gasteiger partial charge in [-0.05, 0) is 44.3 Å². The topological polar surface area (TPSA) is 129 Å². The van der Waals surface area contributed by atoms with Crippen LogP contribution in [-0.4, -0.2) is 64.5 Å². The molecule has 1 saturated heterocycles. The molecule has 3 rings (SSSR count). The van der Waals surface area contributed by atoms with Crippen LogP contribution in [0.4, 0.5) is 0 Å². The fourth-order valence-electron chi connectivity index (χ4n) is 3.63. The third-order valence-corrected chi connectivity index (χ3v) is 5.80. The van der Waals surface area contributed by atoms with Crippen LogP contribution in [0, 0.1) is 0 Å². The lowest BCUT2D eigenvalue weighted by Crippen LogP contribution is -2.39. The SMILES string of the molecule is O=C1OCC(O)C=CCC/C=C/C(NOCC(=O)N2CCCCC2)=C/c2c(Cl)c(O)cc(O)c21. The largest absolute Gasteiger partial charge is 0.507 e. The van der Waals surface area contributed by atoms with Gasteiger partial charge in [-0.2, -0.15) is 0 Å². The van der Waals surface area contributed by atoms with E-state index in [0.717, 1.165) is 25.3 Å². The van der Waals surface area contributed by atoms with E-state index >= 15 is 0 Å². The molecule has 2 aliphatic rings. The van der Waals surface area contributed by atoms with Crippen LogP contribution in [0.3, 0.4) is 0 Å². The first-order valence-electron chi connectivity index (χ1n) is 11.2. The lowest BCUT2D eigenvalue weighted by Gasteiger charge is -2.26. The Hall–Kier alpha value is -3.01. The van der Waals surface area contributed by atoms with E-state index in [1.807, 2.05) is 6.08 Å². The van der Waals surface area contributed by atoms with Gasteiger partial charge in [-0.1, -0.05) is 29.8 Å². The highest BCUT2D eigenvalue weighted by atomic mass is 35.5. The van der Waals surface area contributed by atoms with Crippen molar-refractivity contribution < 1.29 is 34.5 Å². The number of nitrogens with one attached hydrogen (secondary N) is 1. The number of esters is 1. The number of aliphatic hydroxyl groups excluding tert-OH is 1. The van der Waals surface area contributed by atoms with Crippen LogP contribution >= 0.6 is 11.6 Å². The summed E-state index contributed by atoms with van der Waals surface area (Å²) in [4.78, 5) is 32.2. The number of hydrogen-bond acceptors (Lipinski definition) is 8. The molecule has 0 spiro atoms. The van der Waals surface area contributed by atoms with E-state index in [1.165, 1.54) is 12.2 Å². The Bertz CT molecular complexity index is 984. The number of aromatic hydroxyl groups is 2. The van der Waals surface area contributed by atoms with E-state index in [4.69, 9.17) is 21.2 Å². The van der Waals surface area contributed by atoms with Gasteiger partial charge in [0.25, 0.3) is 5.91 Å². The Balaban J connectivity index is 1.87. The Kier molecular flexibility index (Phi) is 9.38. The molecule has 1 aromatic rings. The standard InChI is InChI=1S/C24H29ClN2O7/c25-23-18-12-16(26-34-15-21(31)27-10-6-3-7-11-27)8-4-1-2-5-9-17(28)14-33-24(32)22(18)19(29)13-20(23)30/h4-5,8-9,12-13,17,26,28-30H,1-3,6-7,10-11,14-15H2/b8-4+,9-5?,16-12-. The molecular weight excluding hydrogens is 464 g/mol. The molecule has 0 aromatic heterocycles. The molecule has 1 atom stereocenters. The van der Waals surface area contributed by atoms with Gasteiger partial charge >= 0.3 is 5.97 Å². The number of carbonyl (C=O) groups is 2. The Morgan fingerprint density at radius 3 is 2.68 bits per heavy atom. The summed E-state index contributed by atoms with van der Waals surface area (Å²) >= 11 is 6.25. The van der Waals surface area contributed by atoms with Crippen molar-refractivity contribution >= 4 is 29.6 Å². The third kappa shape index (κ3) is 6.99.